The van der Waals surface area contributed by atoms with Gasteiger partial charge in [0.05, 0.1) is 44.1 Å². The third-order valence-corrected chi connectivity index (χ3v) is 9.29. The zero-order valence-electron chi connectivity index (χ0n) is 27.5. The highest BCUT2D eigenvalue weighted by atomic mass is 35.5. The first kappa shape index (κ1) is 33.5. The van der Waals surface area contributed by atoms with Gasteiger partial charge in [-0.1, -0.05) is 23.7 Å². The number of amides is 2. The molecule has 2 aromatic carbocycles. The van der Waals surface area contributed by atoms with Crippen LogP contribution in [0.15, 0.2) is 54.7 Å². The zero-order chi connectivity index (χ0) is 32.8. The summed E-state index contributed by atoms with van der Waals surface area (Å²) < 4.78 is 11.8. The number of nitrogens with one attached hydrogen (secondary N) is 2. The predicted octanol–water partition coefficient (Wildman–Crippen LogP) is 5.73. The number of ether oxygens (including phenoxy) is 2. The van der Waals surface area contributed by atoms with Crippen LogP contribution in [0.1, 0.15) is 62.3 Å². The van der Waals surface area contributed by atoms with Crippen molar-refractivity contribution in [3.8, 4) is 11.5 Å². The summed E-state index contributed by atoms with van der Waals surface area (Å²) in [4.78, 5) is 34.4. The van der Waals surface area contributed by atoms with Crippen LogP contribution in [-0.4, -0.2) is 63.2 Å². The minimum atomic E-state index is -0.291. The monoisotopic (exact) mass is 647 g/mol. The van der Waals surface area contributed by atoms with Crippen LogP contribution in [0, 0.1) is 5.92 Å². The molecule has 2 heterocycles. The Kier molecular flexibility index (Phi) is 11.1. The summed E-state index contributed by atoms with van der Waals surface area (Å²) in [5, 5.41) is 6.71. The predicted molar refractivity (Wildman–Crippen MR) is 183 cm³/mol. The van der Waals surface area contributed by atoms with E-state index in [0.717, 1.165) is 54.6 Å². The number of hydrogen-bond acceptors (Lipinski definition) is 7. The molecule has 2 amide bonds. The van der Waals surface area contributed by atoms with Gasteiger partial charge < -0.3 is 25.0 Å². The Labute approximate surface area is 277 Å². The van der Waals surface area contributed by atoms with Crippen LogP contribution in [0.5, 0.6) is 11.5 Å². The molecular weight excluding hydrogens is 602 g/mol. The highest BCUT2D eigenvalue weighted by Gasteiger charge is 2.36. The Morgan fingerprint density at radius 1 is 1.09 bits per heavy atom. The standard InChI is InChI=1S/C36H46ClN5O4/c1-23(2)46-33-19-30-26(17-32(33)45-5)18-36(44)42(31(30)16-24-6-10-27(37)11-7-24)34-15-14-29(20-40-34)41(4)22-25-8-12-28(13-9-25)39-21-35(43)38-3/h6-7,10-11,14-15,17,19-20,23,25,28,31,39H,8-9,12-13,16,18,21-22H2,1-5H3,(H,38,43). The number of nitrogens with zero attached hydrogens (tertiary/aromatic N) is 3. The molecule has 1 unspecified atom stereocenters. The molecule has 0 saturated heterocycles. The first-order valence-corrected chi connectivity index (χ1v) is 16.6. The van der Waals surface area contributed by atoms with Gasteiger partial charge in [-0.05, 0) is 105 Å². The molecule has 0 bridgehead atoms. The number of halogens is 1. The molecule has 1 atom stereocenters. The van der Waals surface area contributed by atoms with Gasteiger partial charge in [0.15, 0.2) is 11.5 Å². The number of likely N-dealkylation sites (N-methyl/N-ethyl adjacent to an activating group) is 1. The fourth-order valence-electron chi connectivity index (χ4n) is 6.59. The Hall–Kier alpha value is -3.82. The molecule has 0 radical (unpaired) electrons. The van der Waals surface area contributed by atoms with Crippen molar-refractivity contribution in [3.63, 3.8) is 0 Å². The van der Waals surface area contributed by atoms with Gasteiger partial charge in [0.25, 0.3) is 0 Å². The lowest BCUT2D eigenvalue weighted by atomic mass is 9.85. The number of carbonyl (C=O) groups excluding carboxylic acids is 2. The van der Waals surface area contributed by atoms with Crippen LogP contribution in [0.25, 0.3) is 0 Å². The van der Waals surface area contributed by atoms with Crippen molar-refractivity contribution in [1.82, 2.24) is 15.6 Å². The summed E-state index contributed by atoms with van der Waals surface area (Å²) >= 11 is 6.20. The fourth-order valence-corrected chi connectivity index (χ4v) is 6.72. The summed E-state index contributed by atoms with van der Waals surface area (Å²) in [6.07, 6.45) is 7.03. The van der Waals surface area contributed by atoms with Crippen LogP contribution >= 0.6 is 11.6 Å². The SMILES string of the molecule is CNC(=O)CNC1CCC(CN(C)c2ccc(N3C(=O)Cc4cc(OC)c(OC(C)C)cc4C3Cc3ccc(Cl)cc3)nc2)CC1. The highest BCUT2D eigenvalue weighted by Crippen LogP contribution is 2.42. The average Bonchev–Trinajstić information content (AvgIpc) is 3.05. The molecule has 1 aliphatic heterocycles. The normalized spacial score (nSPS) is 19.5. The Bertz CT molecular complexity index is 1490. The second kappa shape index (κ2) is 15.2. The molecular formula is C36H46ClN5O4. The number of pyridine rings is 1. The lowest BCUT2D eigenvalue weighted by Crippen LogP contribution is -2.42. The fraction of sp³-hybridized carbons (Fsp3) is 0.472. The van der Waals surface area contributed by atoms with Crippen molar-refractivity contribution >= 4 is 34.9 Å². The number of anilines is 2. The van der Waals surface area contributed by atoms with E-state index in [-0.39, 0.29) is 30.4 Å². The summed E-state index contributed by atoms with van der Waals surface area (Å²) in [7, 11) is 5.39. The van der Waals surface area contributed by atoms with E-state index in [1.165, 1.54) is 0 Å². The first-order valence-electron chi connectivity index (χ1n) is 16.2. The Balaban J connectivity index is 1.34. The molecule has 1 fully saturated rings. The van der Waals surface area contributed by atoms with Gasteiger partial charge in [-0.3, -0.25) is 14.5 Å². The molecule has 2 N–H and O–H groups in total. The van der Waals surface area contributed by atoms with Crippen LogP contribution in [-0.2, 0) is 22.4 Å². The highest BCUT2D eigenvalue weighted by molar-refractivity contribution is 6.30. The number of benzene rings is 2. The number of aromatic nitrogens is 1. The van der Waals surface area contributed by atoms with E-state index in [1.54, 1.807) is 14.2 Å². The molecule has 46 heavy (non-hydrogen) atoms. The number of carbonyl (C=O) groups is 2. The van der Waals surface area contributed by atoms with E-state index in [9.17, 15) is 9.59 Å². The molecule has 9 nitrogen and oxygen atoms in total. The molecule has 10 heteroatoms. The van der Waals surface area contributed by atoms with Crippen LogP contribution in [0.4, 0.5) is 11.5 Å². The molecule has 3 aromatic rings. The lowest BCUT2D eigenvalue weighted by Gasteiger charge is -2.37. The minimum Gasteiger partial charge on any atom is -0.493 e. The molecule has 2 aliphatic rings. The van der Waals surface area contributed by atoms with Gasteiger partial charge in [0, 0.05) is 31.7 Å². The molecule has 1 aromatic heterocycles. The number of hydrogen-bond donors (Lipinski definition) is 2. The van der Waals surface area contributed by atoms with E-state index in [4.69, 9.17) is 26.1 Å². The largest absolute Gasteiger partial charge is 0.493 e. The summed E-state index contributed by atoms with van der Waals surface area (Å²) in [5.74, 6) is 2.49. The van der Waals surface area contributed by atoms with Crippen LogP contribution < -0.4 is 29.9 Å². The lowest BCUT2D eigenvalue weighted by molar-refractivity contribution is -0.120. The van der Waals surface area contributed by atoms with Crippen molar-refractivity contribution in [2.45, 2.75) is 70.6 Å². The smallest absolute Gasteiger partial charge is 0.233 e. The minimum absolute atomic E-state index is 0.0126. The van der Waals surface area contributed by atoms with E-state index in [1.807, 2.05) is 67.4 Å². The summed E-state index contributed by atoms with van der Waals surface area (Å²) in [5.41, 5.74) is 4.04. The Morgan fingerprint density at radius 2 is 1.83 bits per heavy atom. The van der Waals surface area contributed by atoms with Gasteiger partial charge in [0.2, 0.25) is 11.8 Å². The molecule has 1 aliphatic carbocycles. The van der Waals surface area contributed by atoms with Crippen LogP contribution in [0.3, 0.4) is 0 Å². The molecule has 5 rings (SSSR count). The van der Waals surface area contributed by atoms with Gasteiger partial charge >= 0.3 is 0 Å². The van der Waals surface area contributed by atoms with E-state index >= 15 is 0 Å². The van der Waals surface area contributed by atoms with Crippen LogP contribution in [0.2, 0.25) is 5.02 Å². The van der Waals surface area contributed by atoms with Crippen molar-refractivity contribution < 1.29 is 19.1 Å². The van der Waals surface area contributed by atoms with Gasteiger partial charge in [-0.15, -0.1) is 0 Å². The van der Waals surface area contributed by atoms with Gasteiger partial charge in [0.1, 0.15) is 5.82 Å². The topological polar surface area (TPSA) is 96.0 Å². The van der Waals surface area contributed by atoms with Crippen molar-refractivity contribution in [2.75, 3.05) is 44.1 Å². The quantitative estimate of drug-likeness (QED) is 0.259. The number of rotatable bonds is 12. The average molecular weight is 648 g/mol. The van der Waals surface area contributed by atoms with E-state index in [2.05, 4.69) is 28.6 Å². The summed E-state index contributed by atoms with van der Waals surface area (Å²) in [6.45, 7) is 5.27. The van der Waals surface area contributed by atoms with Crippen molar-refractivity contribution in [3.05, 3.63) is 76.4 Å². The molecule has 246 valence electrons. The van der Waals surface area contributed by atoms with Crippen molar-refractivity contribution in [1.29, 1.82) is 0 Å². The summed E-state index contributed by atoms with van der Waals surface area (Å²) in [6, 6.07) is 15.9. The second-order valence-electron chi connectivity index (χ2n) is 12.7. The Morgan fingerprint density at radius 3 is 2.46 bits per heavy atom. The van der Waals surface area contributed by atoms with E-state index in [0.29, 0.717) is 47.3 Å². The van der Waals surface area contributed by atoms with Gasteiger partial charge in [-0.2, -0.15) is 0 Å². The number of fused-ring (bicyclic) bond motifs is 1. The maximum atomic E-state index is 13.8. The third kappa shape index (κ3) is 8.12. The molecule has 1 saturated carbocycles. The van der Waals surface area contributed by atoms with E-state index < -0.39 is 0 Å². The zero-order valence-corrected chi connectivity index (χ0v) is 28.3. The first-order chi connectivity index (χ1) is 22.1. The van der Waals surface area contributed by atoms with Gasteiger partial charge in [-0.25, -0.2) is 4.98 Å². The maximum Gasteiger partial charge on any atom is 0.233 e. The van der Waals surface area contributed by atoms with Crippen molar-refractivity contribution in [2.24, 2.45) is 5.92 Å². The second-order valence-corrected chi connectivity index (χ2v) is 13.1. The number of methoxy groups -OCH3 is 1. The molecule has 0 spiro atoms. The maximum absolute atomic E-state index is 13.8. The third-order valence-electron chi connectivity index (χ3n) is 9.04.